The zero-order chi connectivity index (χ0) is 24.7. The van der Waals surface area contributed by atoms with E-state index in [2.05, 4.69) is 10.1 Å². The number of hydrogen-bond donors (Lipinski definition) is 0. The maximum Gasteiger partial charge on any atom is 0.410 e. The molecule has 0 saturated carbocycles. The fourth-order valence-corrected chi connectivity index (χ4v) is 4.50. The first kappa shape index (κ1) is 23.0. The number of methoxy groups -OCH3 is 1. The highest BCUT2D eigenvalue weighted by Gasteiger charge is 2.28. The summed E-state index contributed by atoms with van der Waals surface area (Å²) in [6, 6.07) is 7.94. The third kappa shape index (κ3) is 4.76. The van der Waals surface area contributed by atoms with Crippen molar-refractivity contribution < 1.29 is 14.3 Å². The van der Waals surface area contributed by atoms with Crippen LogP contribution >= 0.6 is 0 Å². The van der Waals surface area contributed by atoms with Crippen LogP contribution in [0.3, 0.4) is 0 Å². The Morgan fingerprint density at radius 2 is 1.83 bits per heavy atom. The van der Waals surface area contributed by atoms with Crippen LogP contribution < -0.4 is 4.74 Å². The van der Waals surface area contributed by atoms with E-state index in [1.54, 1.807) is 22.9 Å². The highest BCUT2D eigenvalue weighted by Crippen LogP contribution is 2.33. The molecule has 0 radical (unpaired) electrons. The van der Waals surface area contributed by atoms with E-state index in [4.69, 9.17) is 19.4 Å². The van der Waals surface area contributed by atoms with E-state index in [1.165, 1.54) is 0 Å². The third-order valence-electron chi connectivity index (χ3n) is 6.21. The second kappa shape index (κ2) is 8.79. The maximum atomic E-state index is 12.4. The molecule has 0 spiro atoms. The van der Waals surface area contributed by atoms with E-state index in [0.717, 1.165) is 46.0 Å². The molecule has 1 aliphatic heterocycles. The van der Waals surface area contributed by atoms with E-state index < -0.39 is 5.60 Å². The number of piperidine rings is 1. The Hall–Kier alpha value is -3.75. The Bertz CT molecular complexity index is 1400. The molecule has 9 nitrogen and oxygen atoms in total. The van der Waals surface area contributed by atoms with Gasteiger partial charge in [0.05, 0.1) is 29.9 Å². The predicted octanol–water partition coefficient (Wildman–Crippen LogP) is 4.70. The molecule has 0 unspecified atom stereocenters. The monoisotopic (exact) mass is 474 g/mol. The molecule has 4 aromatic rings. The zero-order valence-corrected chi connectivity index (χ0v) is 20.8. The molecule has 0 bridgehead atoms. The fraction of sp³-hybridized carbons (Fsp3) is 0.423. The standard InChI is InChI=1S/C26H30N6O3/c1-26(2,3)35-25(33)32-10-8-16(9-11-32)19-6-7-20-22(28-19)14-27-24(29-20)18-12-17-15-31(4)30-21(17)13-23(18)34-5/h6-7,12-16H,8-11H2,1-5H3. The third-order valence-corrected chi connectivity index (χ3v) is 6.21. The van der Waals surface area contributed by atoms with Gasteiger partial charge in [-0.15, -0.1) is 0 Å². The Kier molecular flexibility index (Phi) is 5.78. The van der Waals surface area contributed by atoms with Gasteiger partial charge in [-0.3, -0.25) is 4.68 Å². The molecule has 3 aromatic heterocycles. The summed E-state index contributed by atoms with van der Waals surface area (Å²) in [5, 5.41) is 5.45. The van der Waals surface area contributed by atoms with Crippen molar-refractivity contribution in [3.8, 4) is 17.1 Å². The van der Waals surface area contributed by atoms with Crippen LogP contribution in [0.25, 0.3) is 33.3 Å². The van der Waals surface area contributed by atoms with Gasteiger partial charge in [-0.2, -0.15) is 5.10 Å². The highest BCUT2D eigenvalue weighted by atomic mass is 16.6. The first-order valence-corrected chi connectivity index (χ1v) is 11.8. The minimum Gasteiger partial charge on any atom is -0.496 e. The number of pyridine rings is 1. The summed E-state index contributed by atoms with van der Waals surface area (Å²) in [5.74, 6) is 1.54. The van der Waals surface area contributed by atoms with E-state index >= 15 is 0 Å². The van der Waals surface area contributed by atoms with Gasteiger partial charge in [0, 0.05) is 49.4 Å². The summed E-state index contributed by atoms with van der Waals surface area (Å²) >= 11 is 0. The van der Waals surface area contributed by atoms with E-state index in [-0.39, 0.29) is 12.0 Å². The molecule has 0 aliphatic carbocycles. The molecule has 1 saturated heterocycles. The lowest BCUT2D eigenvalue weighted by Gasteiger charge is -2.33. The first-order valence-electron chi connectivity index (χ1n) is 11.8. The van der Waals surface area contributed by atoms with Gasteiger partial charge in [-0.1, -0.05) is 0 Å². The Balaban J connectivity index is 1.36. The fourth-order valence-electron chi connectivity index (χ4n) is 4.50. The van der Waals surface area contributed by atoms with Crippen molar-refractivity contribution in [2.24, 2.45) is 7.05 Å². The van der Waals surface area contributed by atoms with E-state index in [0.29, 0.717) is 24.7 Å². The van der Waals surface area contributed by atoms with Crippen LogP contribution in [0, 0.1) is 0 Å². The summed E-state index contributed by atoms with van der Waals surface area (Å²) in [6.07, 6.45) is 5.17. The number of ether oxygens (including phenoxy) is 2. The number of fused-ring (bicyclic) bond motifs is 2. The molecule has 1 fully saturated rings. The van der Waals surface area contributed by atoms with Gasteiger partial charge in [0.1, 0.15) is 16.9 Å². The van der Waals surface area contributed by atoms with Gasteiger partial charge < -0.3 is 14.4 Å². The van der Waals surface area contributed by atoms with Crippen LogP contribution in [-0.4, -0.2) is 61.5 Å². The second-order valence-corrected chi connectivity index (χ2v) is 9.99. The predicted molar refractivity (Wildman–Crippen MR) is 133 cm³/mol. The van der Waals surface area contributed by atoms with E-state index in [1.807, 2.05) is 58.3 Å². The lowest BCUT2D eigenvalue weighted by atomic mass is 9.93. The lowest BCUT2D eigenvalue weighted by Crippen LogP contribution is -2.41. The number of carbonyl (C=O) groups excluding carboxylic acids is 1. The molecule has 1 aromatic carbocycles. The molecule has 35 heavy (non-hydrogen) atoms. The molecule has 182 valence electrons. The van der Waals surface area contributed by atoms with Gasteiger partial charge in [-0.05, 0) is 51.8 Å². The number of aromatic nitrogens is 5. The molecular weight excluding hydrogens is 444 g/mol. The quantitative estimate of drug-likeness (QED) is 0.425. The molecule has 0 atom stereocenters. The minimum atomic E-state index is -0.486. The number of nitrogens with zero attached hydrogens (tertiary/aromatic N) is 6. The zero-order valence-electron chi connectivity index (χ0n) is 20.8. The van der Waals surface area contributed by atoms with Gasteiger partial charge >= 0.3 is 6.09 Å². The number of carbonyl (C=O) groups is 1. The molecular formula is C26H30N6O3. The largest absolute Gasteiger partial charge is 0.496 e. The van der Waals surface area contributed by atoms with Crippen molar-refractivity contribution in [1.29, 1.82) is 0 Å². The normalized spacial score (nSPS) is 15.1. The van der Waals surface area contributed by atoms with Gasteiger partial charge in [-0.25, -0.2) is 19.7 Å². The van der Waals surface area contributed by atoms with Crippen LogP contribution in [0.5, 0.6) is 5.75 Å². The van der Waals surface area contributed by atoms with Crippen molar-refractivity contribution in [3.05, 3.63) is 42.4 Å². The van der Waals surface area contributed by atoms with Crippen LogP contribution in [0.2, 0.25) is 0 Å². The molecule has 9 heteroatoms. The summed E-state index contributed by atoms with van der Waals surface area (Å²) in [6.45, 7) is 6.98. The van der Waals surface area contributed by atoms with Gasteiger partial charge in [0.15, 0.2) is 5.82 Å². The number of likely N-dealkylation sites (tertiary alicyclic amines) is 1. The van der Waals surface area contributed by atoms with Crippen molar-refractivity contribution in [3.63, 3.8) is 0 Å². The summed E-state index contributed by atoms with van der Waals surface area (Å²) in [5.41, 5.74) is 3.72. The smallest absolute Gasteiger partial charge is 0.410 e. The number of benzene rings is 1. The van der Waals surface area contributed by atoms with Crippen LogP contribution in [0.1, 0.15) is 45.2 Å². The van der Waals surface area contributed by atoms with Gasteiger partial charge in [0.25, 0.3) is 0 Å². The number of aryl methyl sites for hydroxylation is 1. The molecule has 1 amide bonds. The van der Waals surface area contributed by atoms with Crippen molar-refractivity contribution in [2.75, 3.05) is 20.2 Å². The number of hydrogen-bond acceptors (Lipinski definition) is 7. The van der Waals surface area contributed by atoms with Crippen LogP contribution in [0.15, 0.2) is 36.7 Å². The summed E-state index contributed by atoms with van der Waals surface area (Å²) in [7, 11) is 3.53. The summed E-state index contributed by atoms with van der Waals surface area (Å²) in [4.78, 5) is 28.4. The van der Waals surface area contributed by atoms with Crippen molar-refractivity contribution in [1.82, 2.24) is 29.6 Å². The first-order chi connectivity index (χ1) is 16.7. The molecule has 5 rings (SSSR count). The number of amides is 1. The second-order valence-electron chi connectivity index (χ2n) is 9.99. The van der Waals surface area contributed by atoms with E-state index in [9.17, 15) is 4.79 Å². The lowest BCUT2D eigenvalue weighted by molar-refractivity contribution is 0.0204. The van der Waals surface area contributed by atoms with Crippen molar-refractivity contribution >= 4 is 28.0 Å². The average Bonchev–Trinajstić information content (AvgIpc) is 3.20. The van der Waals surface area contributed by atoms with Crippen LogP contribution in [-0.2, 0) is 11.8 Å². The maximum absolute atomic E-state index is 12.4. The Morgan fingerprint density at radius 3 is 2.54 bits per heavy atom. The highest BCUT2D eigenvalue weighted by molar-refractivity contribution is 5.87. The topological polar surface area (TPSA) is 95.3 Å². The van der Waals surface area contributed by atoms with Crippen LogP contribution in [0.4, 0.5) is 4.79 Å². The molecule has 1 aliphatic rings. The van der Waals surface area contributed by atoms with Gasteiger partial charge in [0.2, 0.25) is 0 Å². The van der Waals surface area contributed by atoms with Crippen molar-refractivity contribution in [2.45, 2.75) is 45.1 Å². The average molecular weight is 475 g/mol. The summed E-state index contributed by atoms with van der Waals surface area (Å²) < 4.78 is 12.9. The number of rotatable bonds is 3. The molecule has 0 N–H and O–H groups in total. The molecule has 4 heterocycles. The Morgan fingerprint density at radius 1 is 1.06 bits per heavy atom. The Labute approximate surface area is 204 Å². The minimum absolute atomic E-state index is 0.247. The SMILES string of the molecule is COc1cc2nn(C)cc2cc1-c1ncc2nc(C3CCN(C(=O)OC(C)(C)C)CC3)ccc2n1.